The average Bonchev–Trinajstić information content (AvgIpc) is 2.38. The van der Waals surface area contributed by atoms with E-state index in [1.165, 1.54) is 7.11 Å². The number of nitrogens with zero attached hydrogens (tertiary/aromatic N) is 1. The highest BCUT2D eigenvalue weighted by molar-refractivity contribution is 5.87. The van der Waals surface area contributed by atoms with Crippen molar-refractivity contribution in [3.63, 3.8) is 0 Å². The summed E-state index contributed by atoms with van der Waals surface area (Å²) in [7, 11) is 1.34. The lowest BCUT2D eigenvalue weighted by molar-refractivity contribution is -0.147. The van der Waals surface area contributed by atoms with Gasteiger partial charge in [0.05, 0.1) is 7.11 Å². The minimum absolute atomic E-state index is 0.397. The Morgan fingerprint density at radius 3 is 2.94 bits per heavy atom. The number of hydrogen-bond acceptors (Lipinski definition) is 4. The van der Waals surface area contributed by atoms with Crippen LogP contribution in [-0.4, -0.2) is 24.2 Å². The summed E-state index contributed by atoms with van der Waals surface area (Å²) in [6.07, 6.45) is 2.80. The van der Waals surface area contributed by atoms with Gasteiger partial charge in [0.2, 0.25) is 0 Å². The highest BCUT2D eigenvalue weighted by Crippen LogP contribution is 2.25. The van der Waals surface area contributed by atoms with Gasteiger partial charge in [-0.1, -0.05) is 12.1 Å². The first kappa shape index (κ1) is 11.4. The van der Waals surface area contributed by atoms with Gasteiger partial charge in [-0.25, -0.2) is 4.79 Å². The fourth-order valence-corrected chi connectivity index (χ4v) is 1.59. The maximum absolute atomic E-state index is 11.3. The molecule has 2 aromatic rings. The number of methoxy groups -OCH3 is 1. The summed E-state index contributed by atoms with van der Waals surface area (Å²) in [5, 5.41) is 1.90. The van der Waals surface area contributed by atoms with Gasteiger partial charge in [0.15, 0.2) is 6.10 Å². The van der Waals surface area contributed by atoms with Gasteiger partial charge in [0.25, 0.3) is 0 Å². The van der Waals surface area contributed by atoms with Crippen LogP contribution in [0, 0.1) is 0 Å². The van der Waals surface area contributed by atoms with E-state index in [1.54, 1.807) is 19.3 Å². The monoisotopic (exact) mass is 231 g/mol. The molecule has 0 saturated heterocycles. The van der Waals surface area contributed by atoms with Gasteiger partial charge < -0.3 is 9.47 Å². The number of benzene rings is 1. The Balaban J connectivity index is 2.33. The molecular weight excluding hydrogens is 218 g/mol. The zero-order chi connectivity index (χ0) is 12.3. The molecule has 1 heterocycles. The van der Waals surface area contributed by atoms with E-state index in [0.29, 0.717) is 5.75 Å². The molecule has 0 aliphatic rings. The molecule has 2 rings (SSSR count). The maximum atomic E-state index is 11.3. The smallest absolute Gasteiger partial charge is 0.346 e. The second kappa shape index (κ2) is 4.82. The molecule has 1 aromatic heterocycles. The Kier molecular flexibility index (Phi) is 3.23. The van der Waals surface area contributed by atoms with Crippen LogP contribution < -0.4 is 4.74 Å². The van der Waals surface area contributed by atoms with Crippen LogP contribution in [0.2, 0.25) is 0 Å². The molecule has 88 valence electrons. The third-order valence-electron chi connectivity index (χ3n) is 2.48. The zero-order valence-corrected chi connectivity index (χ0v) is 9.71. The van der Waals surface area contributed by atoms with Crippen molar-refractivity contribution in [3.8, 4) is 5.75 Å². The van der Waals surface area contributed by atoms with Crippen molar-refractivity contribution in [1.29, 1.82) is 0 Å². The molecule has 4 heteroatoms. The second-order valence-corrected chi connectivity index (χ2v) is 3.64. The quantitative estimate of drug-likeness (QED) is 0.759. The molecular formula is C13H13NO3. The number of esters is 1. The maximum Gasteiger partial charge on any atom is 0.346 e. The van der Waals surface area contributed by atoms with Crippen molar-refractivity contribution in [2.75, 3.05) is 7.11 Å². The first-order valence-electron chi connectivity index (χ1n) is 5.29. The van der Waals surface area contributed by atoms with E-state index < -0.39 is 12.1 Å². The number of ether oxygens (including phenoxy) is 2. The molecule has 1 atom stereocenters. The number of carbonyl (C=O) groups excluding carboxylic acids is 1. The summed E-state index contributed by atoms with van der Waals surface area (Å²) in [6, 6.07) is 7.54. The standard InChI is InChI=1S/C13H13NO3/c1-9(13(15)16-2)17-12-5-3-4-10-6-7-14-8-11(10)12/h3-9H,1-2H3. The molecule has 0 fully saturated rings. The third-order valence-corrected chi connectivity index (χ3v) is 2.48. The lowest BCUT2D eigenvalue weighted by Gasteiger charge is -2.13. The van der Waals surface area contributed by atoms with Crippen LogP contribution in [0.3, 0.4) is 0 Å². The number of pyridine rings is 1. The van der Waals surface area contributed by atoms with Gasteiger partial charge >= 0.3 is 5.97 Å². The van der Waals surface area contributed by atoms with Crippen LogP contribution in [0.4, 0.5) is 0 Å². The summed E-state index contributed by atoms with van der Waals surface area (Å²) in [4.78, 5) is 15.3. The summed E-state index contributed by atoms with van der Waals surface area (Å²) in [5.74, 6) is 0.236. The molecule has 1 unspecified atom stereocenters. The summed E-state index contributed by atoms with van der Waals surface area (Å²) >= 11 is 0. The van der Waals surface area contributed by atoms with Crippen molar-refractivity contribution in [2.45, 2.75) is 13.0 Å². The Morgan fingerprint density at radius 1 is 1.35 bits per heavy atom. The van der Waals surface area contributed by atoms with Crippen molar-refractivity contribution in [1.82, 2.24) is 4.98 Å². The van der Waals surface area contributed by atoms with E-state index >= 15 is 0 Å². The fraction of sp³-hybridized carbons (Fsp3) is 0.231. The van der Waals surface area contributed by atoms with Crippen LogP contribution in [0.1, 0.15) is 6.92 Å². The molecule has 4 nitrogen and oxygen atoms in total. The fourth-order valence-electron chi connectivity index (χ4n) is 1.59. The lowest BCUT2D eigenvalue weighted by atomic mass is 10.1. The van der Waals surface area contributed by atoms with Gasteiger partial charge in [0, 0.05) is 17.8 Å². The van der Waals surface area contributed by atoms with Gasteiger partial charge in [-0.2, -0.15) is 0 Å². The molecule has 0 N–H and O–H groups in total. The van der Waals surface area contributed by atoms with Gasteiger partial charge in [-0.05, 0) is 24.4 Å². The molecule has 0 bridgehead atoms. The minimum Gasteiger partial charge on any atom is -0.478 e. The molecule has 0 radical (unpaired) electrons. The van der Waals surface area contributed by atoms with Crippen molar-refractivity contribution in [2.24, 2.45) is 0 Å². The van der Waals surface area contributed by atoms with Gasteiger partial charge in [-0.15, -0.1) is 0 Å². The number of carbonyl (C=O) groups is 1. The summed E-state index contributed by atoms with van der Waals surface area (Å²) in [5.41, 5.74) is 0. The van der Waals surface area contributed by atoms with Crippen LogP contribution in [0.15, 0.2) is 36.7 Å². The van der Waals surface area contributed by atoms with Crippen molar-refractivity contribution in [3.05, 3.63) is 36.7 Å². The largest absolute Gasteiger partial charge is 0.478 e. The Hall–Kier alpha value is -2.10. The third kappa shape index (κ3) is 2.36. The van der Waals surface area contributed by atoms with Crippen LogP contribution in [0.25, 0.3) is 10.8 Å². The minimum atomic E-state index is -0.634. The molecule has 0 amide bonds. The number of fused-ring (bicyclic) bond motifs is 1. The second-order valence-electron chi connectivity index (χ2n) is 3.64. The van der Waals surface area contributed by atoms with Crippen LogP contribution in [0.5, 0.6) is 5.75 Å². The number of rotatable bonds is 3. The SMILES string of the molecule is COC(=O)C(C)Oc1cccc2ccncc12. The predicted octanol–water partition coefficient (Wildman–Crippen LogP) is 2.18. The van der Waals surface area contributed by atoms with E-state index in [0.717, 1.165) is 10.8 Å². The summed E-state index contributed by atoms with van der Waals surface area (Å²) < 4.78 is 10.2. The number of hydrogen-bond donors (Lipinski definition) is 0. The van der Waals surface area contributed by atoms with Crippen LogP contribution >= 0.6 is 0 Å². The summed E-state index contributed by atoms with van der Waals surface area (Å²) in [6.45, 7) is 1.65. The van der Waals surface area contributed by atoms with E-state index in [2.05, 4.69) is 9.72 Å². The average molecular weight is 231 g/mol. The van der Waals surface area contributed by atoms with Crippen LogP contribution in [-0.2, 0) is 9.53 Å². The normalized spacial score (nSPS) is 12.1. The Morgan fingerprint density at radius 2 is 2.18 bits per heavy atom. The number of aromatic nitrogens is 1. The molecule has 1 aromatic carbocycles. The van der Waals surface area contributed by atoms with Gasteiger partial charge in [-0.3, -0.25) is 4.98 Å². The van der Waals surface area contributed by atoms with Crippen molar-refractivity contribution < 1.29 is 14.3 Å². The first-order chi connectivity index (χ1) is 8.22. The predicted molar refractivity (Wildman–Crippen MR) is 63.8 cm³/mol. The highest BCUT2D eigenvalue weighted by atomic mass is 16.6. The highest BCUT2D eigenvalue weighted by Gasteiger charge is 2.15. The topological polar surface area (TPSA) is 48.4 Å². The van der Waals surface area contributed by atoms with E-state index in [9.17, 15) is 4.79 Å². The van der Waals surface area contributed by atoms with Crippen molar-refractivity contribution >= 4 is 16.7 Å². The van der Waals surface area contributed by atoms with E-state index in [1.807, 2.05) is 24.3 Å². The molecule has 0 saturated carbocycles. The lowest BCUT2D eigenvalue weighted by Crippen LogP contribution is -2.24. The molecule has 0 aliphatic heterocycles. The molecule has 0 aliphatic carbocycles. The van der Waals surface area contributed by atoms with E-state index in [-0.39, 0.29) is 0 Å². The Labute approximate surface area is 99.2 Å². The first-order valence-corrected chi connectivity index (χ1v) is 5.29. The van der Waals surface area contributed by atoms with Gasteiger partial charge in [0.1, 0.15) is 5.75 Å². The zero-order valence-electron chi connectivity index (χ0n) is 9.71. The molecule has 17 heavy (non-hydrogen) atoms. The molecule has 0 spiro atoms. The Bertz CT molecular complexity index is 534. The van der Waals surface area contributed by atoms with E-state index in [4.69, 9.17) is 4.74 Å².